The molecular formula is C22H34N4O2. The van der Waals surface area contributed by atoms with Crippen molar-refractivity contribution in [2.24, 2.45) is 18.9 Å². The van der Waals surface area contributed by atoms with E-state index < -0.39 is 0 Å². The number of aryl methyl sites for hydroxylation is 3. The number of hydrogen-bond donors (Lipinski definition) is 1. The highest BCUT2D eigenvalue weighted by Crippen LogP contribution is 2.44. The summed E-state index contributed by atoms with van der Waals surface area (Å²) in [5.74, 6) is 0.991. The first-order valence-corrected chi connectivity index (χ1v) is 10.6. The van der Waals surface area contributed by atoms with Crippen molar-refractivity contribution >= 4 is 5.91 Å². The van der Waals surface area contributed by atoms with Gasteiger partial charge in [0.25, 0.3) is 5.91 Å². The minimum Gasteiger partial charge on any atom is -0.378 e. The van der Waals surface area contributed by atoms with E-state index in [9.17, 15) is 4.79 Å². The maximum Gasteiger partial charge on any atom is 0.271 e. The minimum absolute atomic E-state index is 0.143. The van der Waals surface area contributed by atoms with Crippen LogP contribution >= 0.6 is 0 Å². The summed E-state index contributed by atoms with van der Waals surface area (Å²) >= 11 is 0. The lowest BCUT2D eigenvalue weighted by molar-refractivity contribution is -0.0263. The van der Waals surface area contributed by atoms with Crippen molar-refractivity contribution in [1.82, 2.24) is 19.9 Å². The molecule has 0 aliphatic heterocycles. The van der Waals surface area contributed by atoms with Crippen molar-refractivity contribution in [3.63, 3.8) is 0 Å². The van der Waals surface area contributed by atoms with Crippen molar-refractivity contribution in [2.45, 2.75) is 71.4 Å². The van der Waals surface area contributed by atoms with Crippen LogP contribution in [0, 0.1) is 25.7 Å². The number of unbranched alkanes of at least 4 members (excludes halogenated alkanes) is 1. The molecule has 3 rings (SSSR count). The molecule has 28 heavy (non-hydrogen) atoms. The molecule has 0 saturated heterocycles. The number of nitrogens with zero attached hydrogens (tertiary/aromatic N) is 3. The summed E-state index contributed by atoms with van der Waals surface area (Å²) in [6, 6.07) is 2.17. The highest BCUT2D eigenvalue weighted by molar-refractivity contribution is 5.92. The number of amides is 1. The molecule has 2 fully saturated rings. The number of hydrogen-bond acceptors (Lipinski definition) is 4. The maximum absolute atomic E-state index is 12.8. The zero-order valence-electron chi connectivity index (χ0n) is 17.6. The van der Waals surface area contributed by atoms with E-state index in [2.05, 4.69) is 22.2 Å². The third-order valence-corrected chi connectivity index (χ3v) is 6.12. The molecule has 1 amide bonds. The summed E-state index contributed by atoms with van der Waals surface area (Å²) < 4.78 is 8.07. The molecule has 154 valence electrons. The standard InChI is InChI=1S/C22H34N4O2/c1-5-6-9-28-21-17-7-8-18(21)12-19(11-17)25-22(27)20-13-23-15(2)10-16(3)26(4)14-24-20/h10,13-14,17-19,21H,5-9,11-12H2,1-4H3,(H,25,27)/t17-,18+,19?,21-. The van der Waals surface area contributed by atoms with E-state index in [1.54, 1.807) is 12.5 Å². The molecule has 6 heteroatoms. The lowest BCUT2D eigenvalue weighted by Gasteiger charge is -2.35. The SMILES string of the molecule is CCCCO[C@@H]1[C@@H]2CC[C@H]1CC(NC(=O)c1cnc(C)cc(C)n(C)cn1)C2. The first-order chi connectivity index (χ1) is 13.5. The van der Waals surface area contributed by atoms with Crippen molar-refractivity contribution in [2.75, 3.05) is 6.61 Å². The van der Waals surface area contributed by atoms with Gasteiger partial charge < -0.3 is 14.6 Å². The number of rotatable bonds is 6. The summed E-state index contributed by atoms with van der Waals surface area (Å²) in [7, 11) is 1.92. The van der Waals surface area contributed by atoms with E-state index in [-0.39, 0.29) is 11.9 Å². The van der Waals surface area contributed by atoms with E-state index in [0.717, 1.165) is 37.3 Å². The first kappa shape index (κ1) is 20.8. The summed E-state index contributed by atoms with van der Waals surface area (Å²) in [6.07, 6.45) is 10.4. The van der Waals surface area contributed by atoms with Crippen LogP contribution in [0.1, 0.15) is 67.3 Å². The topological polar surface area (TPSA) is 69.0 Å². The van der Waals surface area contributed by atoms with E-state index in [0.29, 0.717) is 23.6 Å². The number of carbonyl (C=O) groups excluding carboxylic acids is 1. The first-order valence-electron chi connectivity index (χ1n) is 10.6. The van der Waals surface area contributed by atoms with Crippen LogP contribution in [0.15, 0.2) is 18.6 Å². The molecule has 0 aromatic carbocycles. The molecule has 1 N–H and O–H groups in total. The largest absolute Gasteiger partial charge is 0.378 e. The predicted octanol–water partition coefficient (Wildman–Crippen LogP) is 3.66. The number of ether oxygens (including phenoxy) is 1. The van der Waals surface area contributed by atoms with Gasteiger partial charge in [-0.05, 0) is 63.9 Å². The predicted molar refractivity (Wildman–Crippen MR) is 109 cm³/mol. The van der Waals surface area contributed by atoms with Gasteiger partial charge in [0.15, 0.2) is 0 Å². The van der Waals surface area contributed by atoms with Crippen LogP contribution in [0.5, 0.6) is 0 Å². The van der Waals surface area contributed by atoms with E-state index in [4.69, 9.17) is 4.74 Å². The summed E-state index contributed by atoms with van der Waals surface area (Å²) in [5.41, 5.74) is 2.23. The van der Waals surface area contributed by atoms with Crippen LogP contribution in [-0.4, -0.2) is 39.2 Å². The van der Waals surface area contributed by atoms with Gasteiger partial charge in [-0.1, -0.05) is 13.3 Å². The van der Waals surface area contributed by atoms with Crippen LogP contribution in [0.25, 0.3) is 0 Å². The fraction of sp³-hybridized carbons (Fsp3) is 0.682. The van der Waals surface area contributed by atoms with E-state index in [1.165, 1.54) is 19.3 Å². The van der Waals surface area contributed by atoms with E-state index in [1.807, 2.05) is 31.5 Å². The van der Waals surface area contributed by atoms with Gasteiger partial charge >= 0.3 is 0 Å². The zero-order chi connectivity index (χ0) is 20.1. The monoisotopic (exact) mass is 386 g/mol. The van der Waals surface area contributed by atoms with Crippen LogP contribution < -0.4 is 5.32 Å². The van der Waals surface area contributed by atoms with Gasteiger partial charge in [-0.3, -0.25) is 9.78 Å². The highest BCUT2D eigenvalue weighted by atomic mass is 16.5. The second kappa shape index (κ2) is 9.50. The number of carbonyl (C=O) groups is 1. The highest BCUT2D eigenvalue weighted by Gasteiger charge is 2.43. The molecule has 1 heterocycles. The summed E-state index contributed by atoms with van der Waals surface area (Å²) in [5, 5.41) is 3.21. The number of fused-ring (bicyclic) bond motifs is 2. The molecule has 2 bridgehead atoms. The third kappa shape index (κ3) is 5.10. The smallest absolute Gasteiger partial charge is 0.271 e. The molecule has 4 atom stereocenters. The Bertz CT molecular complexity index is 730. The normalized spacial score (nSPS) is 26.0. The molecule has 0 spiro atoms. The Hall–Kier alpha value is -1.95. The third-order valence-electron chi connectivity index (χ3n) is 6.12. The molecule has 1 unspecified atom stereocenters. The Balaban J connectivity index is 1.66. The van der Waals surface area contributed by atoms with Crippen LogP contribution in [0.3, 0.4) is 0 Å². The molecule has 1 aromatic heterocycles. The van der Waals surface area contributed by atoms with Gasteiger partial charge in [-0.2, -0.15) is 0 Å². The Kier molecular flexibility index (Phi) is 7.05. The Morgan fingerprint density at radius 1 is 1.25 bits per heavy atom. The van der Waals surface area contributed by atoms with E-state index >= 15 is 0 Å². The van der Waals surface area contributed by atoms with Crippen molar-refractivity contribution < 1.29 is 9.53 Å². The van der Waals surface area contributed by atoms with Crippen LogP contribution in [-0.2, 0) is 11.8 Å². The second-order valence-electron chi connectivity index (χ2n) is 8.35. The molecule has 0 radical (unpaired) electrons. The zero-order valence-corrected chi connectivity index (χ0v) is 17.6. The van der Waals surface area contributed by atoms with Gasteiger partial charge in [0.2, 0.25) is 0 Å². The maximum atomic E-state index is 12.8. The number of nitrogens with one attached hydrogen (secondary N) is 1. The fourth-order valence-electron chi connectivity index (χ4n) is 4.48. The van der Waals surface area contributed by atoms with Crippen LogP contribution in [0.4, 0.5) is 0 Å². The van der Waals surface area contributed by atoms with Crippen molar-refractivity contribution in [1.29, 1.82) is 0 Å². The average molecular weight is 387 g/mol. The van der Waals surface area contributed by atoms with Gasteiger partial charge in [0, 0.05) is 31.1 Å². The van der Waals surface area contributed by atoms with Gasteiger partial charge in [0.1, 0.15) is 5.69 Å². The molecule has 2 saturated carbocycles. The molecule has 2 aliphatic rings. The molecule has 6 nitrogen and oxygen atoms in total. The Labute approximate surface area is 168 Å². The Morgan fingerprint density at radius 3 is 2.64 bits per heavy atom. The van der Waals surface area contributed by atoms with Gasteiger partial charge in [-0.25, -0.2) is 4.98 Å². The molecule has 2 aliphatic carbocycles. The Morgan fingerprint density at radius 2 is 1.96 bits per heavy atom. The average Bonchev–Trinajstić information content (AvgIpc) is 2.92. The second-order valence-corrected chi connectivity index (χ2v) is 8.35. The van der Waals surface area contributed by atoms with Gasteiger partial charge in [0.05, 0.1) is 18.6 Å². The van der Waals surface area contributed by atoms with Crippen LogP contribution in [0.2, 0.25) is 0 Å². The van der Waals surface area contributed by atoms with Crippen molar-refractivity contribution in [3.8, 4) is 0 Å². The fourth-order valence-corrected chi connectivity index (χ4v) is 4.48. The lowest BCUT2D eigenvalue weighted by Crippen LogP contribution is -2.44. The quantitative estimate of drug-likeness (QED) is 0.758. The van der Waals surface area contributed by atoms with Gasteiger partial charge in [-0.15, -0.1) is 0 Å². The molecule has 1 aromatic rings. The number of aromatic nitrogens is 3. The molecular weight excluding hydrogens is 352 g/mol. The van der Waals surface area contributed by atoms with Crippen molar-refractivity contribution in [3.05, 3.63) is 35.7 Å². The summed E-state index contributed by atoms with van der Waals surface area (Å²) in [4.78, 5) is 21.6. The summed E-state index contributed by atoms with van der Waals surface area (Å²) in [6.45, 7) is 6.98. The minimum atomic E-state index is -0.143. The lowest BCUT2D eigenvalue weighted by atomic mass is 9.82.